The molecule has 1 fully saturated rings. The highest BCUT2D eigenvalue weighted by Crippen LogP contribution is 2.39. The first kappa shape index (κ1) is 13.1. The van der Waals surface area contributed by atoms with Gasteiger partial charge in [-0.15, -0.1) is 12.4 Å². The molecule has 1 saturated carbocycles. The zero-order valence-electron chi connectivity index (χ0n) is 9.23. The van der Waals surface area contributed by atoms with Crippen LogP contribution in [0.15, 0.2) is 22.8 Å². The van der Waals surface area contributed by atoms with Crippen LogP contribution < -0.4 is 11.1 Å². The Balaban J connectivity index is 0.00000128. The fourth-order valence-electron chi connectivity index (χ4n) is 1.77. The topological polar surface area (TPSA) is 68.3 Å². The largest absolute Gasteiger partial charge is 0.459 e. The molecule has 0 spiro atoms. The van der Waals surface area contributed by atoms with Crippen molar-refractivity contribution in [1.29, 1.82) is 0 Å². The van der Waals surface area contributed by atoms with E-state index in [1.165, 1.54) is 6.26 Å². The van der Waals surface area contributed by atoms with Crippen molar-refractivity contribution in [1.82, 2.24) is 5.32 Å². The molecule has 3 N–H and O–H groups in total. The molecular weight excluding hydrogens is 228 g/mol. The van der Waals surface area contributed by atoms with Gasteiger partial charge in [-0.3, -0.25) is 4.79 Å². The molecule has 1 aromatic rings. The molecule has 1 unspecified atom stereocenters. The molecule has 90 valence electrons. The number of amides is 1. The Morgan fingerprint density at radius 2 is 2.38 bits per heavy atom. The summed E-state index contributed by atoms with van der Waals surface area (Å²) >= 11 is 0. The molecule has 0 radical (unpaired) electrons. The quantitative estimate of drug-likeness (QED) is 0.845. The van der Waals surface area contributed by atoms with Crippen LogP contribution in [-0.4, -0.2) is 18.0 Å². The molecule has 0 aliphatic heterocycles. The summed E-state index contributed by atoms with van der Waals surface area (Å²) in [7, 11) is 0. The van der Waals surface area contributed by atoms with Crippen molar-refractivity contribution in [2.24, 2.45) is 11.7 Å². The fourth-order valence-corrected chi connectivity index (χ4v) is 1.77. The van der Waals surface area contributed by atoms with Gasteiger partial charge in [-0.1, -0.05) is 0 Å². The van der Waals surface area contributed by atoms with Crippen LogP contribution in [-0.2, 0) is 0 Å². The number of hydrogen-bond donors (Lipinski definition) is 2. The van der Waals surface area contributed by atoms with E-state index in [0.717, 1.165) is 12.8 Å². The second-order valence-electron chi connectivity index (χ2n) is 4.33. The van der Waals surface area contributed by atoms with Crippen LogP contribution in [0.5, 0.6) is 0 Å². The van der Waals surface area contributed by atoms with Crippen molar-refractivity contribution in [3.05, 3.63) is 24.2 Å². The Kier molecular flexibility index (Phi) is 3.99. The van der Waals surface area contributed by atoms with Crippen LogP contribution in [0.3, 0.4) is 0 Å². The predicted octanol–water partition coefficient (Wildman–Crippen LogP) is 1.56. The first-order chi connectivity index (χ1) is 7.15. The summed E-state index contributed by atoms with van der Waals surface area (Å²) in [6.45, 7) is 2.45. The van der Waals surface area contributed by atoms with Gasteiger partial charge in [-0.25, -0.2) is 0 Å². The number of carbonyl (C=O) groups is 1. The molecule has 1 aliphatic carbocycles. The molecule has 1 aromatic heterocycles. The third kappa shape index (κ3) is 2.57. The van der Waals surface area contributed by atoms with E-state index >= 15 is 0 Å². The second kappa shape index (κ2) is 4.89. The van der Waals surface area contributed by atoms with Gasteiger partial charge in [0.2, 0.25) is 0 Å². The van der Waals surface area contributed by atoms with Crippen LogP contribution in [0.1, 0.15) is 30.3 Å². The van der Waals surface area contributed by atoms with E-state index in [1.807, 2.05) is 6.92 Å². The Morgan fingerprint density at radius 1 is 1.69 bits per heavy atom. The van der Waals surface area contributed by atoms with Gasteiger partial charge in [-0.05, 0) is 37.8 Å². The lowest BCUT2D eigenvalue weighted by atomic mass is 9.96. The average molecular weight is 245 g/mol. The maximum atomic E-state index is 11.8. The van der Waals surface area contributed by atoms with Gasteiger partial charge in [0.1, 0.15) is 0 Å². The van der Waals surface area contributed by atoms with Crippen molar-refractivity contribution < 1.29 is 9.21 Å². The standard InChI is InChI=1S/C11H16N2O2.ClH/c1-11(7-12,8-4-5-8)13-10(14)9-3-2-6-15-9;/h2-3,6,8H,4-5,7,12H2,1H3,(H,13,14);1H. The van der Waals surface area contributed by atoms with Gasteiger partial charge in [0.05, 0.1) is 11.8 Å². The number of rotatable bonds is 4. The Morgan fingerprint density at radius 3 is 2.81 bits per heavy atom. The lowest BCUT2D eigenvalue weighted by Gasteiger charge is -2.28. The molecule has 1 amide bonds. The number of carbonyl (C=O) groups excluding carboxylic acids is 1. The van der Waals surface area contributed by atoms with Gasteiger partial charge >= 0.3 is 0 Å². The third-order valence-electron chi connectivity index (χ3n) is 3.05. The van der Waals surface area contributed by atoms with Crippen molar-refractivity contribution in [2.75, 3.05) is 6.54 Å². The van der Waals surface area contributed by atoms with E-state index in [2.05, 4.69) is 5.32 Å². The molecule has 4 nitrogen and oxygen atoms in total. The van der Waals surface area contributed by atoms with Gasteiger partial charge in [-0.2, -0.15) is 0 Å². The fraction of sp³-hybridized carbons (Fsp3) is 0.545. The molecule has 0 saturated heterocycles. The third-order valence-corrected chi connectivity index (χ3v) is 3.05. The molecule has 1 atom stereocenters. The lowest BCUT2D eigenvalue weighted by molar-refractivity contribution is 0.0869. The molecule has 16 heavy (non-hydrogen) atoms. The van der Waals surface area contributed by atoms with Crippen LogP contribution >= 0.6 is 12.4 Å². The highest BCUT2D eigenvalue weighted by atomic mass is 35.5. The second-order valence-corrected chi connectivity index (χ2v) is 4.33. The van der Waals surface area contributed by atoms with Gasteiger partial charge < -0.3 is 15.5 Å². The summed E-state index contributed by atoms with van der Waals surface area (Å²) in [4.78, 5) is 11.8. The first-order valence-corrected chi connectivity index (χ1v) is 5.22. The minimum Gasteiger partial charge on any atom is -0.459 e. The summed E-state index contributed by atoms with van der Waals surface area (Å²) in [6, 6.07) is 3.35. The zero-order valence-corrected chi connectivity index (χ0v) is 10.0. The maximum Gasteiger partial charge on any atom is 0.287 e. The summed E-state index contributed by atoms with van der Waals surface area (Å²) < 4.78 is 5.03. The highest BCUT2D eigenvalue weighted by molar-refractivity contribution is 5.92. The minimum absolute atomic E-state index is 0. The number of nitrogens with two attached hydrogens (primary N) is 1. The van der Waals surface area contributed by atoms with E-state index in [-0.39, 0.29) is 23.9 Å². The van der Waals surface area contributed by atoms with E-state index < -0.39 is 0 Å². The predicted molar refractivity (Wildman–Crippen MR) is 63.6 cm³/mol. The number of nitrogens with one attached hydrogen (secondary N) is 1. The normalized spacial score (nSPS) is 18.4. The molecule has 1 aliphatic rings. The molecule has 1 heterocycles. The molecule has 0 bridgehead atoms. The number of halogens is 1. The van der Waals surface area contributed by atoms with Crippen molar-refractivity contribution in [3.8, 4) is 0 Å². The number of furan rings is 1. The first-order valence-electron chi connectivity index (χ1n) is 5.22. The summed E-state index contributed by atoms with van der Waals surface area (Å²) in [5.74, 6) is 0.677. The van der Waals surface area contributed by atoms with Crippen molar-refractivity contribution >= 4 is 18.3 Å². The number of hydrogen-bond acceptors (Lipinski definition) is 3. The highest BCUT2D eigenvalue weighted by Gasteiger charge is 2.41. The van der Waals surface area contributed by atoms with Crippen LogP contribution in [0.2, 0.25) is 0 Å². The Hall–Kier alpha value is -1.00. The van der Waals surface area contributed by atoms with Gasteiger partial charge in [0.15, 0.2) is 5.76 Å². The van der Waals surface area contributed by atoms with Crippen molar-refractivity contribution in [2.45, 2.75) is 25.3 Å². The SMILES string of the molecule is CC(CN)(NC(=O)c1ccco1)C1CC1.Cl. The Labute approximate surface area is 101 Å². The average Bonchev–Trinajstić information content (AvgIpc) is 2.94. The van der Waals surface area contributed by atoms with E-state index in [0.29, 0.717) is 18.2 Å². The summed E-state index contributed by atoms with van der Waals surface area (Å²) in [5, 5.41) is 2.95. The van der Waals surface area contributed by atoms with Crippen LogP contribution in [0.25, 0.3) is 0 Å². The van der Waals surface area contributed by atoms with Gasteiger partial charge in [0.25, 0.3) is 5.91 Å². The summed E-state index contributed by atoms with van der Waals surface area (Å²) in [6.07, 6.45) is 3.78. The maximum absolute atomic E-state index is 11.8. The van der Waals surface area contributed by atoms with E-state index in [9.17, 15) is 4.79 Å². The molecule has 0 aromatic carbocycles. The van der Waals surface area contributed by atoms with Crippen molar-refractivity contribution in [3.63, 3.8) is 0 Å². The smallest absolute Gasteiger partial charge is 0.287 e. The molecule has 5 heteroatoms. The summed E-state index contributed by atoms with van der Waals surface area (Å²) in [5.41, 5.74) is 5.42. The minimum atomic E-state index is -0.288. The molecule has 2 rings (SSSR count). The van der Waals surface area contributed by atoms with E-state index in [1.54, 1.807) is 12.1 Å². The lowest BCUT2D eigenvalue weighted by Crippen LogP contribution is -2.53. The van der Waals surface area contributed by atoms with Gasteiger partial charge in [0, 0.05) is 6.54 Å². The van der Waals surface area contributed by atoms with Crippen LogP contribution in [0.4, 0.5) is 0 Å². The monoisotopic (exact) mass is 244 g/mol. The zero-order chi connectivity index (χ0) is 10.9. The van der Waals surface area contributed by atoms with E-state index in [4.69, 9.17) is 10.2 Å². The Bertz CT molecular complexity index is 349. The van der Waals surface area contributed by atoms with Crippen LogP contribution in [0, 0.1) is 5.92 Å². The molecular formula is C11H17ClN2O2.